The average molecular weight is 310 g/mol. The Hall–Kier alpha value is -1.14. The number of likely N-dealkylation sites (tertiary alicyclic amines) is 1. The molecule has 0 aromatic heterocycles. The zero-order valence-electron chi connectivity index (χ0n) is 13.8. The molecule has 0 spiro atoms. The van der Waals surface area contributed by atoms with Gasteiger partial charge < -0.3 is 15.5 Å². The molecule has 0 aromatic rings. The number of piperidine rings is 1. The number of piperazine rings is 1. The smallest absolute Gasteiger partial charge is 0.236 e. The van der Waals surface area contributed by atoms with Crippen molar-refractivity contribution in [3.63, 3.8) is 0 Å². The fourth-order valence-electron chi connectivity index (χ4n) is 3.10. The van der Waals surface area contributed by atoms with Gasteiger partial charge >= 0.3 is 0 Å². The summed E-state index contributed by atoms with van der Waals surface area (Å²) in [5.41, 5.74) is 5.70. The molecule has 2 aliphatic rings. The first-order valence-electron chi connectivity index (χ1n) is 8.60. The van der Waals surface area contributed by atoms with Crippen molar-refractivity contribution in [1.29, 1.82) is 0 Å². The van der Waals surface area contributed by atoms with E-state index in [9.17, 15) is 9.59 Å². The van der Waals surface area contributed by atoms with E-state index in [0.29, 0.717) is 13.0 Å². The Labute approximate surface area is 133 Å². The van der Waals surface area contributed by atoms with Gasteiger partial charge in [0.15, 0.2) is 0 Å². The van der Waals surface area contributed by atoms with E-state index in [2.05, 4.69) is 4.90 Å². The van der Waals surface area contributed by atoms with Gasteiger partial charge in [-0.2, -0.15) is 0 Å². The highest BCUT2D eigenvalue weighted by molar-refractivity contribution is 5.78. The number of carbonyl (C=O) groups excluding carboxylic acids is 2. The van der Waals surface area contributed by atoms with Crippen molar-refractivity contribution < 1.29 is 9.59 Å². The summed E-state index contributed by atoms with van der Waals surface area (Å²) < 4.78 is 0. The second-order valence-electron chi connectivity index (χ2n) is 6.61. The van der Waals surface area contributed by atoms with Crippen LogP contribution in [0.2, 0.25) is 0 Å². The topological polar surface area (TPSA) is 69.9 Å². The molecule has 1 unspecified atom stereocenters. The predicted octanol–water partition coefficient (Wildman–Crippen LogP) is 0.271. The molecule has 2 aliphatic heterocycles. The van der Waals surface area contributed by atoms with Gasteiger partial charge in [0, 0.05) is 51.7 Å². The Morgan fingerprint density at radius 1 is 0.909 bits per heavy atom. The van der Waals surface area contributed by atoms with Crippen LogP contribution in [0, 0.1) is 0 Å². The molecule has 0 radical (unpaired) electrons. The van der Waals surface area contributed by atoms with Gasteiger partial charge in [-0.05, 0) is 32.6 Å². The lowest BCUT2D eigenvalue weighted by Gasteiger charge is -2.36. The summed E-state index contributed by atoms with van der Waals surface area (Å²) in [4.78, 5) is 30.4. The van der Waals surface area contributed by atoms with E-state index in [4.69, 9.17) is 5.73 Å². The lowest BCUT2D eigenvalue weighted by Crippen LogP contribution is -2.52. The van der Waals surface area contributed by atoms with E-state index in [1.807, 2.05) is 16.7 Å². The lowest BCUT2D eigenvalue weighted by molar-refractivity contribution is -0.135. The maximum absolute atomic E-state index is 12.2. The number of carbonyl (C=O) groups is 2. The van der Waals surface area contributed by atoms with Gasteiger partial charge in [0.25, 0.3) is 0 Å². The van der Waals surface area contributed by atoms with E-state index in [0.717, 1.165) is 58.5 Å². The Bertz CT molecular complexity index is 372. The van der Waals surface area contributed by atoms with Gasteiger partial charge in [0.2, 0.25) is 11.8 Å². The van der Waals surface area contributed by atoms with Crippen LogP contribution in [-0.2, 0) is 9.59 Å². The van der Waals surface area contributed by atoms with Gasteiger partial charge in [-0.25, -0.2) is 0 Å². The highest BCUT2D eigenvalue weighted by atomic mass is 16.2. The van der Waals surface area contributed by atoms with Gasteiger partial charge in [-0.3, -0.25) is 14.5 Å². The van der Waals surface area contributed by atoms with Crippen molar-refractivity contribution in [2.75, 3.05) is 45.8 Å². The molecule has 126 valence electrons. The summed E-state index contributed by atoms with van der Waals surface area (Å²) in [6.45, 7) is 7.30. The number of hydrogen-bond acceptors (Lipinski definition) is 4. The quantitative estimate of drug-likeness (QED) is 0.791. The monoisotopic (exact) mass is 310 g/mol. The largest absolute Gasteiger partial charge is 0.342 e. The Morgan fingerprint density at radius 2 is 1.50 bits per heavy atom. The third-order valence-electron chi connectivity index (χ3n) is 4.61. The van der Waals surface area contributed by atoms with Crippen LogP contribution < -0.4 is 5.73 Å². The summed E-state index contributed by atoms with van der Waals surface area (Å²) in [7, 11) is 0. The van der Waals surface area contributed by atoms with Crippen molar-refractivity contribution in [2.24, 2.45) is 5.73 Å². The van der Waals surface area contributed by atoms with Crippen molar-refractivity contribution in [1.82, 2.24) is 14.7 Å². The molecular formula is C16H30N4O2. The van der Waals surface area contributed by atoms with Crippen LogP contribution in [0.1, 0.15) is 39.0 Å². The van der Waals surface area contributed by atoms with Crippen LogP contribution in [0.25, 0.3) is 0 Å². The zero-order chi connectivity index (χ0) is 15.9. The fourth-order valence-corrected chi connectivity index (χ4v) is 3.10. The molecule has 2 saturated heterocycles. The molecule has 2 rings (SSSR count). The second kappa shape index (κ2) is 8.48. The molecule has 0 aromatic carbocycles. The van der Waals surface area contributed by atoms with E-state index >= 15 is 0 Å². The first-order valence-corrected chi connectivity index (χ1v) is 8.60. The van der Waals surface area contributed by atoms with Crippen molar-refractivity contribution in [2.45, 2.75) is 45.1 Å². The summed E-state index contributed by atoms with van der Waals surface area (Å²) >= 11 is 0. The SMILES string of the molecule is CC(N)CCC(=O)N1CCN(CC(=O)N2CCCCC2)CC1. The molecule has 2 heterocycles. The summed E-state index contributed by atoms with van der Waals surface area (Å²) in [5, 5.41) is 0. The van der Waals surface area contributed by atoms with Crippen LogP contribution in [0.5, 0.6) is 0 Å². The standard InChI is InChI=1S/C16H30N4O2/c1-14(17)5-6-15(21)20-11-9-18(10-12-20)13-16(22)19-7-3-2-4-8-19/h14H,2-13,17H2,1H3. The first kappa shape index (κ1) is 17.2. The van der Waals surface area contributed by atoms with Gasteiger partial charge in [0.1, 0.15) is 0 Å². The molecule has 2 fully saturated rings. The van der Waals surface area contributed by atoms with E-state index in [1.165, 1.54) is 6.42 Å². The van der Waals surface area contributed by atoms with Crippen LogP contribution in [-0.4, -0.2) is 78.4 Å². The van der Waals surface area contributed by atoms with E-state index in [1.54, 1.807) is 0 Å². The molecule has 1 atom stereocenters. The van der Waals surface area contributed by atoms with E-state index in [-0.39, 0.29) is 17.9 Å². The number of rotatable bonds is 5. The Morgan fingerprint density at radius 3 is 2.09 bits per heavy atom. The zero-order valence-corrected chi connectivity index (χ0v) is 13.8. The first-order chi connectivity index (χ1) is 10.6. The summed E-state index contributed by atoms with van der Waals surface area (Å²) in [6, 6.07) is 0.0763. The second-order valence-corrected chi connectivity index (χ2v) is 6.61. The van der Waals surface area contributed by atoms with Crippen LogP contribution in [0.15, 0.2) is 0 Å². The van der Waals surface area contributed by atoms with Crippen molar-refractivity contribution in [3.8, 4) is 0 Å². The van der Waals surface area contributed by atoms with Gasteiger partial charge in [-0.1, -0.05) is 0 Å². The molecule has 0 bridgehead atoms. The van der Waals surface area contributed by atoms with Gasteiger partial charge in [-0.15, -0.1) is 0 Å². The molecular weight excluding hydrogens is 280 g/mol. The highest BCUT2D eigenvalue weighted by Crippen LogP contribution is 2.11. The normalized spacial score (nSPS) is 21.7. The third kappa shape index (κ3) is 5.25. The fraction of sp³-hybridized carbons (Fsp3) is 0.875. The molecule has 6 nitrogen and oxygen atoms in total. The van der Waals surface area contributed by atoms with Crippen LogP contribution in [0.3, 0.4) is 0 Å². The lowest BCUT2D eigenvalue weighted by atomic mass is 10.1. The molecule has 22 heavy (non-hydrogen) atoms. The minimum absolute atomic E-state index is 0.0763. The summed E-state index contributed by atoms with van der Waals surface area (Å²) in [5.74, 6) is 0.441. The highest BCUT2D eigenvalue weighted by Gasteiger charge is 2.24. The number of nitrogens with zero attached hydrogens (tertiary/aromatic N) is 3. The predicted molar refractivity (Wildman–Crippen MR) is 86.3 cm³/mol. The van der Waals surface area contributed by atoms with Crippen LogP contribution in [0.4, 0.5) is 0 Å². The van der Waals surface area contributed by atoms with E-state index < -0.39 is 0 Å². The number of hydrogen-bond donors (Lipinski definition) is 1. The Balaban J connectivity index is 1.68. The molecule has 6 heteroatoms. The number of nitrogens with two attached hydrogens (primary N) is 1. The molecule has 2 N–H and O–H groups in total. The minimum Gasteiger partial charge on any atom is -0.342 e. The van der Waals surface area contributed by atoms with Crippen molar-refractivity contribution in [3.05, 3.63) is 0 Å². The minimum atomic E-state index is 0.0763. The summed E-state index contributed by atoms with van der Waals surface area (Å²) in [6.07, 6.45) is 4.78. The molecule has 0 saturated carbocycles. The maximum Gasteiger partial charge on any atom is 0.236 e. The van der Waals surface area contributed by atoms with Crippen LogP contribution >= 0.6 is 0 Å². The van der Waals surface area contributed by atoms with Crippen molar-refractivity contribution >= 4 is 11.8 Å². The number of amides is 2. The van der Waals surface area contributed by atoms with Gasteiger partial charge in [0.05, 0.1) is 6.54 Å². The average Bonchev–Trinajstić information content (AvgIpc) is 2.54. The maximum atomic E-state index is 12.2. The Kier molecular flexibility index (Phi) is 6.64. The molecule has 2 amide bonds. The molecule has 0 aliphatic carbocycles. The third-order valence-corrected chi connectivity index (χ3v) is 4.61.